The molecule has 6 heteroatoms. The molecular weight excluding hydrogens is 319 g/mol. The Morgan fingerprint density at radius 2 is 2.38 bits per heavy atom. The van der Waals surface area contributed by atoms with Crippen LogP contribution in [0.3, 0.4) is 0 Å². The second-order valence-electron chi connectivity index (χ2n) is 3.29. The van der Waals surface area contributed by atoms with E-state index in [1.54, 1.807) is 13.2 Å². The number of aromatic nitrogens is 2. The maximum Gasteiger partial charge on any atom is 0.239 e. The predicted molar refractivity (Wildman–Crippen MR) is 71.3 cm³/mol. The van der Waals surface area contributed by atoms with E-state index in [2.05, 4.69) is 44.8 Å². The van der Waals surface area contributed by atoms with Crippen molar-refractivity contribution in [2.45, 2.75) is 13.3 Å². The first-order chi connectivity index (χ1) is 7.69. The smallest absolute Gasteiger partial charge is 0.239 e. The summed E-state index contributed by atoms with van der Waals surface area (Å²) in [5.41, 5.74) is 0. The van der Waals surface area contributed by atoms with Crippen LogP contribution < -0.4 is 10.2 Å². The Balaban J connectivity index is 2.85. The molecule has 88 valence electrons. The highest BCUT2D eigenvalue weighted by Gasteiger charge is 2.13. The van der Waals surface area contributed by atoms with Gasteiger partial charge in [-0.05, 0) is 29.0 Å². The van der Waals surface area contributed by atoms with Crippen LogP contribution in [0.1, 0.15) is 13.3 Å². The molecule has 0 saturated carbocycles. The molecule has 0 saturated heterocycles. The molecule has 0 spiro atoms. The summed E-state index contributed by atoms with van der Waals surface area (Å²) in [6.07, 6.45) is 4.22. The van der Waals surface area contributed by atoms with Gasteiger partial charge in [0, 0.05) is 19.8 Å². The topological polar surface area (TPSA) is 58.1 Å². The van der Waals surface area contributed by atoms with Crippen molar-refractivity contribution in [1.29, 1.82) is 0 Å². The van der Waals surface area contributed by atoms with Crippen molar-refractivity contribution in [3.05, 3.63) is 16.1 Å². The second kappa shape index (κ2) is 6.62. The monoisotopic (exact) mass is 334 g/mol. The lowest BCUT2D eigenvalue weighted by Gasteiger charge is -2.22. The summed E-state index contributed by atoms with van der Waals surface area (Å²) >= 11 is 2.18. The highest BCUT2D eigenvalue weighted by molar-refractivity contribution is 14.1. The normalized spacial score (nSPS) is 9.94. The zero-order valence-corrected chi connectivity index (χ0v) is 11.6. The highest BCUT2D eigenvalue weighted by Crippen LogP contribution is 2.17. The van der Waals surface area contributed by atoms with Gasteiger partial charge in [-0.15, -0.1) is 0 Å². The molecule has 5 nitrogen and oxygen atoms in total. The molecule has 1 aromatic rings. The van der Waals surface area contributed by atoms with Crippen LogP contribution in [0.5, 0.6) is 0 Å². The second-order valence-corrected chi connectivity index (χ2v) is 4.45. The largest absolute Gasteiger partial charge is 0.358 e. The lowest BCUT2D eigenvalue weighted by Crippen LogP contribution is -2.37. The number of carbonyl (C=O) groups excluding carboxylic acids is 1. The number of nitrogens with one attached hydrogen (secondary N) is 1. The Kier molecular flexibility index (Phi) is 5.44. The van der Waals surface area contributed by atoms with Crippen LogP contribution in [-0.2, 0) is 4.79 Å². The first-order valence-corrected chi connectivity index (χ1v) is 6.18. The molecule has 16 heavy (non-hydrogen) atoms. The van der Waals surface area contributed by atoms with Crippen molar-refractivity contribution in [3.8, 4) is 0 Å². The zero-order chi connectivity index (χ0) is 12.0. The fourth-order valence-electron chi connectivity index (χ4n) is 1.32. The molecule has 0 bridgehead atoms. The maximum atomic E-state index is 11.4. The number of hydrogen-bond acceptors (Lipinski definition) is 4. The van der Waals surface area contributed by atoms with E-state index < -0.39 is 0 Å². The fraction of sp³-hybridized carbons (Fsp3) is 0.500. The van der Waals surface area contributed by atoms with E-state index in [4.69, 9.17) is 0 Å². The van der Waals surface area contributed by atoms with E-state index >= 15 is 0 Å². The van der Waals surface area contributed by atoms with Gasteiger partial charge in [-0.1, -0.05) is 6.92 Å². The van der Waals surface area contributed by atoms with Crippen LogP contribution in [-0.4, -0.2) is 36.0 Å². The van der Waals surface area contributed by atoms with Gasteiger partial charge >= 0.3 is 0 Å². The molecule has 0 aliphatic carbocycles. The van der Waals surface area contributed by atoms with E-state index in [0.717, 1.165) is 22.4 Å². The standard InChI is InChI=1S/C10H15IN4O/c1-3-4-15(6-9(16)12-2)10-8(11)5-13-7-14-10/h5,7H,3-4,6H2,1-2H3,(H,12,16). The molecule has 1 amide bonds. The van der Waals surface area contributed by atoms with E-state index in [1.165, 1.54) is 6.33 Å². The lowest BCUT2D eigenvalue weighted by molar-refractivity contribution is -0.119. The van der Waals surface area contributed by atoms with Gasteiger partial charge in [0.05, 0.1) is 10.1 Å². The Hall–Kier alpha value is -0.920. The highest BCUT2D eigenvalue weighted by atomic mass is 127. The molecule has 0 aromatic carbocycles. The van der Waals surface area contributed by atoms with Gasteiger partial charge < -0.3 is 10.2 Å². The van der Waals surface area contributed by atoms with Crippen LogP contribution in [0.15, 0.2) is 12.5 Å². The first kappa shape index (κ1) is 13.1. The summed E-state index contributed by atoms with van der Waals surface area (Å²) in [5.74, 6) is 0.809. The average Bonchev–Trinajstić information content (AvgIpc) is 2.29. The minimum absolute atomic E-state index is 0.0112. The Morgan fingerprint density at radius 3 is 2.94 bits per heavy atom. The van der Waals surface area contributed by atoms with Gasteiger partial charge in [-0.25, -0.2) is 9.97 Å². The molecule has 1 N–H and O–H groups in total. The SMILES string of the molecule is CCCN(CC(=O)NC)c1ncncc1I. The number of halogens is 1. The third kappa shape index (κ3) is 3.58. The third-order valence-corrected chi connectivity index (χ3v) is 2.82. The van der Waals surface area contributed by atoms with Crippen LogP contribution in [0.2, 0.25) is 0 Å². The van der Waals surface area contributed by atoms with E-state index in [9.17, 15) is 4.79 Å². The quantitative estimate of drug-likeness (QED) is 0.818. The molecule has 0 aliphatic rings. The van der Waals surface area contributed by atoms with Crippen molar-refractivity contribution in [2.24, 2.45) is 0 Å². The van der Waals surface area contributed by atoms with Gasteiger partial charge in [0.2, 0.25) is 5.91 Å². The van der Waals surface area contributed by atoms with Crippen molar-refractivity contribution in [3.63, 3.8) is 0 Å². The zero-order valence-electron chi connectivity index (χ0n) is 9.40. The molecule has 1 aromatic heterocycles. The van der Waals surface area contributed by atoms with E-state index in [1.807, 2.05) is 4.90 Å². The summed E-state index contributed by atoms with van der Waals surface area (Å²) in [5, 5.41) is 2.62. The van der Waals surface area contributed by atoms with Gasteiger partial charge in [-0.2, -0.15) is 0 Å². The van der Waals surface area contributed by atoms with Crippen molar-refractivity contribution >= 4 is 34.3 Å². The van der Waals surface area contributed by atoms with Crippen molar-refractivity contribution in [2.75, 3.05) is 25.0 Å². The maximum absolute atomic E-state index is 11.4. The Morgan fingerprint density at radius 1 is 1.62 bits per heavy atom. The Bertz CT molecular complexity index is 358. The van der Waals surface area contributed by atoms with Crippen LogP contribution >= 0.6 is 22.6 Å². The summed E-state index contributed by atoms with van der Waals surface area (Å²) < 4.78 is 0.956. The minimum Gasteiger partial charge on any atom is -0.358 e. The number of amides is 1. The van der Waals surface area contributed by atoms with Gasteiger partial charge in [0.1, 0.15) is 12.1 Å². The molecule has 0 unspecified atom stereocenters. The summed E-state index contributed by atoms with van der Waals surface area (Å²) in [4.78, 5) is 21.5. The molecule has 1 rings (SSSR count). The first-order valence-electron chi connectivity index (χ1n) is 5.10. The van der Waals surface area contributed by atoms with Crippen LogP contribution in [0.25, 0.3) is 0 Å². The van der Waals surface area contributed by atoms with Gasteiger partial charge in [-0.3, -0.25) is 4.79 Å². The molecule has 1 heterocycles. The summed E-state index contributed by atoms with van der Waals surface area (Å²) in [7, 11) is 1.64. The Labute approximate surface area is 109 Å². The number of rotatable bonds is 5. The number of anilines is 1. The molecule has 0 radical (unpaired) electrons. The van der Waals surface area contributed by atoms with Crippen LogP contribution in [0.4, 0.5) is 5.82 Å². The summed E-state index contributed by atoms with van der Waals surface area (Å²) in [6, 6.07) is 0. The number of carbonyl (C=O) groups is 1. The van der Waals surface area contributed by atoms with Crippen molar-refractivity contribution in [1.82, 2.24) is 15.3 Å². The number of hydrogen-bond donors (Lipinski definition) is 1. The number of likely N-dealkylation sites (N-methyl/N-ethyl adjacent to an activating group) is 1. The number of nitrogens with zero attached hydrogens (tertiary/aromatic N) is 3. The molecule has 0 fully saturated rings. The van der Waals surface area contributed by atoms with Crippen LogP contribution in [0, 0.1) is 3.57 Å². The average molecular weight is 334 g/mol. The van der Waals surface area contributed by atoms with E-state index in [0.29, 0.717) is 6.54 Å². The molecular formula is C10H15IN4O. The predicted octanol–water partition coefficient (Wildman–Crippen LogP) is 1.04. The lowest BCUT2D eigenvalue weighted by atomic mass is 10.3. The third-order valence-electron chi connectivity index (χ3n) is 2.05. The fourth-order valence-corrected chi connectivity index (χ4v) is 1.96. The minimum atomic E-state index is -0.0112. The van der Waals surface area contributed by atoms with E-state index in [-0.39, 0.29) is 5.91 Å². The summed E-state index contributed by atoms with van der Waals surface area (Å²) in [6.45, 7) is 3.21. The molecule has 0 atom stereocenters. The molecule has 0 aliphatic heterocycles. The van der Waals surface area contributed by atoms with Crippen molar-refractivity contribution < 1.29 is 4.79 Å². The van der Waals surface area contributed by atoms with Gasteiger partial charge in [0.25, 0.3) is 0 Å². The van der Waals surface area contributed by atoms with Gasteiger partial charge in [0.15, 0.2) is 0 Å².